The highest BCUT2D eigenvalue weighted by Crippen LogP contribution is 2.18. The fourth-order valence-corrected chi connectivity index (χ4v) is 2.97. The van der Waals surface area contributed by atoms with Crippen molar-refractivity contribution in [2.24, 2.45) is 0 Å². The Morgan fingerprint density at radius 1 is 1.20 bits per heavy atom. The van der Waals surface area contributed by atoms with E-state index in [1.165, 1.54) is 6.26 Å². The van der Waals surface area contributed by atoms with E-state index in [9.17, 15) is 9.90 Å². The maximum Gasteiger partial charge on any atom is 0.290 e. The summed E-state index contributed by atoms with van der Waals surface area (Å²) >= 11 is 0. The summed E-state index contributed by atoms with van der Waals surface area (Å²) in [5.41, 5.74) is 0.750. The van der Waals surface area contributed by atoms with E-state index in [1.54, 1.807) is 17.9 Å². The number of aliphatic hydroxyl groups is 1. The van der Waals surface area contributed by atoms with Crippen LogP contribution in [0.5, 0.6) is 5.75 Å². The lowest BCUT2D eigenvalue weighted by Crippen LogP contribution is -2.50. The summed E-state index contributed by atoms with van der Waals surface area (Å²) in [6.07, 6.45) is 1.18. The third-order valence-corrected chi connectivity index (χ3v) is 4.26. The van der Waals surface area contributed by atoms with Gasteiger partial charge in [-0.2, -0.15) is 0 Å². The Labute approximate surface area is 147 Å². The van der Waals surface area contributed by atoms with Crippen LogP contribution in [0.2, 0.25) is 0 Å². The molecule has 1 aromatic heterocycles. The normalized spacial score (nSPS) is 16.6. The number of piperazine rings is 1. The molecule has 2 aromatic rings. The number of nitrogens with zero attached hydrogens (tertiary/aromatic N) is 2. The van der Waals surface area contributed by atoms with E-state index >= 15 is 0 Å². The minimum atomic E-state index is -0.353. The minimum absolute atomic E-state index is 0.103. The molecule has 1 N–H and O–H groups in total. The molecule has 1 aliphatic heterocycles. The van der Waals surface area contributed by atoms with Gasteiger partial charge in [-0.3, -0.25) is 9.69 Å². The molecule has 134 valence electrons. The lowest BCUT2D eigenvalue weighted by molar-refractivity contribution is 0.0525. The molecule has 0 saturated carbocycles. The van der Waals surface area contributed by atoms with Gasteiger partial charge in [0.25, 0.3) is 5.91 Å². The molecular weight excluding hydrogens is 320 g/mol. The zero-order valence-electron chi connectivity index (χ0n) is 14.4. The Morgan fingerprint density at radius 2 is 1.92 bits per heavy atom. The predicted molar refractivity (Wildman–Crippen MR) is 93.5 cm³/mol. The van der Waals surface area contributed by atoms with Crippen molar-refractivity contribution in [3.8, 4) is 5.75 Å². The molecule has 0 radical (unpaired) electrons. The molecule has 0 spiro atoms. The third kappa shape index (κ3) is 4.61. The molecule has 6 heteroatoms. The number of ether oxygens (including phenoxy) is 1. The molecule has 0 aliphatic carbocycles. The highest BCUT2D eigenvalue weighted by Gasteiger charge is 2.26. The number of para-hydroxylation sites is 1. The van der Waals surface area contributed by atoms with E-state index in [1.807, 2.05) is 30.3 Å². The van der Waals surface area contributed by atoms with Crippen molar-refractivity contribution in [1.29, 1.82) is 0 Å². The second-order valence-corrected chi connectivity index (χ2v) is 6.32. The van der Waals surface area contributed by atoms with Crippen molar-refractivity contribution in [3.63, 3.8) is 0 Å². The smallest absolute Gasteiger partial charge is 0.290 e. The Balaban J connectivity index is 1.57. The molecule has 0 unspecified atom stereocenters. The van der Waals surface area contributed by atoms with Crippen LogP contribution in [0.4, 0.5) is 0 Å². The monoisotopic (exact) mass is 344 g/mol. The van der Waals surface area contributed by atoms with Gasteiger partial charge in [-0.1, -0.05) is 18.2 Å². The van der Waals surface area contributed by atoms with Crippen molar-refractivity contribution in [1.82, 2.24) is 9.80 Å². The van der Waals surface area contributed by atoms with Crippen LogP contribution in [0.25, 0.3) is 0 Å². The van der Waals surface area contributed by atoms with Crippen LogP contribution in [0.1, 0.15) is 23.0 Å². The summed E-state index contributed by atoms with van der Waals surface area (Å²) in [5, 5.41) is 9.47. The van der Waals surface area contributed by atoms with Gasteiger partial charge in [0, 0.05) is 38.3 Å². The van der Waals surface area contributed by atoms with Crippen molar-refractivity contribution in [3.05, 3.63) is 54.0 Å². The van der Waals surface area contributed by atoms with Crippen molar-refractivity contribution < 1.29 is 19.1 Å². The fraction of sp³-hybridized carbons (Fsp3) is 0.421. The molecule has 1 saturated heterocycles. The topological polar surface area (TPSA) is 66.2 Å². The summed E-state index contributed by atoms with van der Waals surface area (Å²) in [6, 6.07) is 11.3. The third-order valence-electron chi connectivity index (χ3n) is 4.26. The second-order valence-electron chi connectivity index (χ2n) is 6.32. The minimum Gasteiger partial charge on any atom is -0.489 e. The van der Waals surface area contributed by atoms with E-state index in [-0.39, 0.29) is 12.0 Å². The summed E-state index contributed by atoms with van der Waals surface area (Å²) in [6.45, 7) is 5.48. The number of hydrogen-bond acceptors (Lipinski definition) is 5. The molecule has 1 aliphatic rings. The van der Waals surface area contributed by atoms with Gasteiger partial charge in [0.05, 0.1) is 12.4 Å². The SMILES string of the molecule is C[C@H](O)CN1CCN(C(=O)c2occc2COc2ccccc2)CC1. The van der Waals surface area contributed by atoms with Crippen LogP contribution in [0, 0.1) is 0 Å². The van der Waals surface area contributed by atoms with Gasteiger partial charge in [0.15, 0.2) is 5.76 Å². The van der Waals surface area contributed by atoms with Gasteiger partial charge in [0.1, 0.15) is 12.4 Å². The molecule has 2 heterocycles. The molecule has 25 heavy (non-hydrogen) atoms. The van der Waals surface area contributed by atoms with Crippen molar-refractivity contribution in [2.45, 2.75) is 19.6 Å². The molecule has 1 amide bonds. The van der Waals surface area contributed by atoms with Crippen LogP contribution in [0.3, 0.4) is 0 Å². The number of hydrogen-bond donors (Lipinski definition) is 1. The highest BCUT2D eigenvalue weighted by atomic mass is 16.5. The maximum absolute atomic E-state index is 12.7. The molecule has 3 rings (SSSR count). The van der Waals surface area contributed by atoms with Crippen molar-refractivity contribution in [2.75, 3.05) is 32.7 Å². The molecule has 1 atom stereocenters. The van der Waals surface area contributed by atoms with E-state index < -0.39 is 0 Å². The first-order chi connectivity index (χ1) is 12.1. The van der Waals surface area contributed by atoms with Gasteiger partial charge < -0.3 is 19.2 Å². The van der Waals surface area contributed by atoms with E-state index in [0.717, 1.165) is 24.4 Å². The number of amides is 1. The first-order valence-electron chi connectivity index (χ1n) is 8.57. The Bertz CT molecular complexity index is 676. The largest absolute Gasteiger partial charge is 0.489 e. The van der Waals surface area contributed by atoms with Crippen LogP contribution in [0.15, 0.2) is 47.1 Å². The number of carbonyl (C=O) groups is 1. The Hall–Kier alpha value is -2.31. The van der Waals surface area contributed by atoms with E-state index in [4.69, 9.17) is 9.15 Å². The van der Waals surface area contributed by atoms with E-state index in [2.05, 4.69) is 4.90 Å². The lowest BCUT2D eigenvalue weighted by atomic mass is 10.2. The number of benzene rings is 1. The first-order valence-corrected chi connectivity index (χ1v) is 8.57. The number of β-amino-alcohol motifs (C(OH)–C–C–N with tert-alkyl or cyclic N) is 1. The van der Waals surface area contributed by atoms with Crippen LogP contribution in [-0.2, 0) is 6.61 Å². The Morgan fingerprint density at radius 3 is 2.60 bits per heavy atom. The van der Waals surface area contributed by atoms with E-state index in [0.29, 0.717) is 32.0 Å². The fourth-order valence-electron chi connectivity index (χ4n) is 2.97. The summed E-state index contributed by atoms with van der Waals surface area (Å²) in [7, 11) is 0. The van der Waals surface area contributed by atoms with Crippen molar-refractivity contribution >= 4 is 5.91 Å². The van der Waals surface area contributed by atoms with Crippen LogP contribution >= 0.6 is 0 Å². The van der Waals surface area contributed by atoms with Crippen LogP contribution in [-0.4, -0.2) is 59.6 Å². The maximum atomic E-state index is 12.7. The molecule has 1 aromatic carbocycles. The Kier molecular flexibility index (Phi) is 5.73. The molecular formula is C19H24N2O4. The van der Waals surface area contributed by atoms with Gasteiger partial charge in [-0.05, 0) is 25.1 Å². The number of furan rings is 1. The standard InChI is InChI=1S/C19H24N2O4/c1-15(22)13-20-8-10-21(11-9-20)19(23)18-16(7-12-24-18)14-25-17-5-3-2-4-6-17/h2-7,12,15,22H,8-11,13-14H2,1H3/t15-/m0/s1. The first kappa shape index (κ1) is 17.5. The number of carbonyl (C=O) groups excluding carboxylic acids is 1. The second kappa shape index (κ2) is 8.18. The quantitative estimate of drug-likeness (QED) is 0.868. The molecule has 0 bridgehead atoms. The zero-order chi connectivity index (χ0) is 17.6. The van der Waals surface area contributed by atoms with Gasteiger partial charge in [-0.15, -0.1) is 0 Å². The van der Waals surface area contributed by atoms with Gasteiger partial charge >= 0.3 is 0 Å². The summed E-state index contributed by atoms with van der Waals surface area (Å²) in [5.74, 6) is 1.00. The molecule has 1 fully saturated rings. The highest BCUT2D eigenvalue weighted by molar-refractivity contribution is 5.93. The number of rotatable bonds is 6. The lowest BCUT2D eigenvalue weighted by Gasteiger charge is -2.34. The summed E-state index contributed by atoms with van der Waals surface area (Å²) in [4.78, 5) is 16.7. The van der Waals surface area contributed by atoms with Crippen LogP contribution < -0.4 is 4.74 Å². The van der Waals surface area contributed by atoms with Gasteiger partial charge in [0.2, 0.25) is 0 Å². The molecule has 6 nitrogen and oxygen atoms in total. The average molecular weight is 344 g/mol. The summed E-state index contributed by atoms with van der Waals surface area (Å²) < 4.78 is 11.2. The van der Waals surface area contributed by atoms with Gasteiger partial charge in [-0.25, -0.2) is 0 Å². The predicted octanol–water partition coefficient (Wildman–Crippen LogP) is 2.00. The number of aliphatic hydroxyl groups excluding tert-OH is 1. The zero-order valence-corrected chi connectivity index (χ0v) is 14.4. The average Bonchev–Trinajstić information content (AvgIpc) is 3.09.